The molecule has 0 aromatic heterocycles. The Kier molecular flexibility index (Phi) is 22.4. The van der Waals surface area contributed by atoms with Gasteiger partial charge in [0.25, 0.3) is 0 Å². The molecular formula is C60H88O13. The first-order chi connectivity index (χ1) is 34.1. The number of ketones is 3. The number of hydrogen-bond acceptors (Lipinski definition) is 13. The number of ether oxygens (including phenoxy) is 5. The van der Waals surface area contributed by atoms with E-state index < -0.39 is 17.4 Å². The van der Waals surface area contributed by atoms with Crippen molar-refractivity contribution in [3.8, 4) is 0 Å². The number of esters is 5. The molecule has 406 valence electrons. The molecule has 0 N–H and O–H groups in total. The molecule has 0 unspecified atom stereocenters. The highest BCUT2D eigenvalue weighted by Gasteiger charge is 2.55. The van der Waals surface area contributed by atoms with Crippen molar-refractivity contribution in [3.63, 3.8) is 0 Å². The number of carbonyl (C=O) groups excluding carboxylic acids is 8. The third-order valence-electron chi connectivity index (χ3n) is 15.8. The maximum Gasteiger partial charge on any atom is 0.333 e. The van der Waals surface area contributed by atoms with Gasteiger partial charge >= 0.3 is 29.8 Å². The van der Waals surface area contributed by atoms with Crippen LogP contribution in [0.5, 0.6) is 0 Å². The van der Waals surface area contributed by atoms with Crippen molar-refractivity contribution in [2.75, 3.05) is 13.2 Å². The van der Waals surface area contributed by atoms with Gasteiger partial charge in [0.05, 0.1) is 0 Å². The molecule has 0 radical (unpaired) electrons. The molecular weight excluding hydrogens is 929 g/mol. The lowest BCUT2D eigenvalue weighted by atomic mass is 9.48. The summed E-state index contributed by atoms with van der Waals surface area (Å²) in [5, 5.41) is 0. The first kappa shape index (κ1) is 60.6. The number of hydrogen-bond donors (Lipinski definition) is 0. The van der Waals surface area contributed by atoms with E-state index in [1.54, 1.807) is 55.4 Å². The summed E-state index contributed by atoms with van der Waals surface area (Å²) in [7, 11) is 0. The van der Waals surface area contributed by atoms with Gasteiger partial charge in [0.2, 0.25) is 0 Å². The molecule has 0 amide bonds. The Hall–Kier alpha value is -4.94. The van der Waals surface area contributed by atoms with E-state index >= 15 is 0 Å². The fourth-order valence-corrected chi connectivity index (χ4v) is 12.5. The van der Waals surface area contributed by atoms with Gasteiger partial charge in [-0.1, -0.05) is 60.1 Å². The van der Waals surface area contributed by atoms with Gasteiger partial charge in [-0.25, -0.2) is 24.0 Å². The van der Waals surface area contributed by atoms with E-state index in [2.05, 4.69) is 32.9 Å². The van der Waals surface area contributed by atoms with Gasteiger partial charge in [0.15, 0.2) is 24.8 Å². The summed E-state index contributed by atoms with van der Waals surface area (Å²) in [6, 6.07) is 0. The highest BCUT2D eigenvalue weighted by atomic mass is 16.6. The first-order valence-electron chi connectivity index (χ1n) is 26.9. The largest absolute Gasteiger partial charge is 0.459 e. The van der Waals surface area contributed by atoms with E-state index in [1.807, 2.05) is 0 Å². The molecule has 0 aromatic carbocycles. The van der Waals surface area contributed by atoms with Gasteiger partial charge in [0.1, 0.15) is 23.6 Å². The molecule has 0 heterocycles. The Bertz CT molecular complexity index is 2030. The van der Waals surface area contributed by atoms with Crippen molar-refractivity contribution in [1.29, 1.82) is 0 Å². The van der Waals surface area contributed by atoms with E-state index in [0.717, 1.165) is 86.9 Å². The minimum Gasteiger partial charge on any atom is -0.459 e. The molecule has 73 heavy (non-hydrogen) atoms. The summed E-state index contributed by atoms with van der Waals surface area (Å²) in [6.07, 6.45) is 22.7. The number of carbonyl (C=O) groups is 8. The standard InChI is InChI=1S/C16H22O3.C14H20O2.C10H14O3.C10H16O3.C10H16O2/c1-10(2)15(18)19-9-14(17)16-6-11-3-12(7-16)5-13(4-11)8-16;1-9(2)13(15)16-14-6-10-3-11(7-14)5-12(4-10)8-14;1-7(2)10(12)13-9-5-3-8(11)4-6-9;1-7(2)9(12)13-6-8(11)10(3,4)5;1-8(2)10(11)12-9-6-4-3-5-7-9/h11-13H,1,3-9H2,2H3;10-12H,1,3-8H2,2H3;9H,1,3-6H2,2H3;1,6H2,2-5H3;9H,1,3-7H2,2H3. The highest BCUT2D eigenvalue weighted by molar-refractivity contribution is 5.93. The van der Waals surface area contributed by atoms with Crippen LogP contribution < -0.4 is 0 Å². The van der Waals surface area contributed by atoms with Crippen LogP contribution in [0.4, 0.5) is 0 Å². The predicted molar refractivity (Wildman–Crippen MR) is 279 cm³/mol. The lowest BCUT2D eigenvalue weighted by molar-refractivity contribution is -0.182. The summed E-state index contributed by atoms with van der Waals surface area (Å²) < 4.78 is 25.9. The van der Waals surface area contributed by atoms with Gasteiger partial charge < -0.3 is 23.7 Å². The number of Topliss-reactive ketones (excluding diaryl/α,β-unsaturated/α-hetero) is 3. The topological polar surface area (TPSA) is 183 Å². The van der Waals surface area contributed by atoms with E-state index in [1.165, 1.54) is 57.8 Å². The molecule has 10 aliphatic rings. The minimum atomic E-state index is -0.516. The fourth-order valence-electron chi connectivity index (χ4n) is 12.5. The van der Waals surface area contributed by atoms with E-state index in [0.29, 0.717) is 53.5 Å². The quantitative estimate of drug-likeness (QED) is 0.0966. The second kappa shape index (κ2) is 27.0. The smallest absolute Gasteiger partial charge is 0.333 e. The summed E-state index contributed by atoms with van der Waals surface area (Å²) >= 11 is 0. The SMILES string of the molecule is C=C(C)C(=O)OC12CC3CC(CC(C3)C1)C2.C=C(C)C(=O)OC1CCC(=O)CC1.C=C(C)C(=O)OC1CCCCC1.C=C(C)C(=O)OCC(=O)C(C)(C)C.C=C(C)C(=O)OCC(=O)C12CC3CC(CC(C3)C1)C2. The van der Waals surface area contributed by atoms with Gasteiger partial charge in [-0.3, -0.25) is 14.4 Å². The maximum absolute atomic E-state index is 12.5. The Morgan fingerprint density at radius 2 is 0.822 bits per heavy atom. The molecule has 10 saturated carbocycles. The summed E-state index contributed by atoms with van der Waals surface area (Å²) in [5.41, 5.74) is 1.39. The van der Waals surface area contributed by atoms with Gasteiger partial charge in [-0.05, 0) is 186 Å². The molecule has 13 heteroatoms. The Morgan fingerprint density at radius 1 is 0.479 bits per heavy atom. The molecule has 0 aromatic rings. The molecule has 10 aliphatic carbocycles. The van der Waals surface area contributed by atoms with Gasteiger partial charge in [0, 0.05) is 51.5 Å². The molecule has 13 nitrogen and oxygen atoms in total. The second-order valence-corrected chi connectivity index (χ2v) is 24.1. The van der Waals surface area contributed by atoms with Crippen LogP contribution in [0.1, 0.15) is 190 Å². The van der Waals surface area contributed by atoms with Crippen molar-refractivity contribution >= 4 is 47.2 Å². The van der Waals surface area contributed by atoms with E-state index in [9.17, 15) is 38.4 Å². The third-order valence-corrected chi connectivity index (χ3v) is 15.8. The van der Waals surface area contributed by atoms with Gasteiger partial charge in [-0.2, -0.15) is 0 Å². The zero-order valence-electron chi connectivity index (χ0n) is 45.7. The molecule has 0 spiro atoms. The van der Waals surface area contributed by atoms with Crippen LogP contribution >= 0.6 is 0 Å². The lowest BCUT2D eigenvalue weighted by Crippen LogP contribution is -2.52. The molecule has 0 aliphatic heterocycles. The summed E-state index contributed by atoms with van der Waals surface area (Å²) in [4.78, 5) is 90.9. The van der Waals surface area contributed by atoms with Crippen LogP contribution in [0.25, 0.3) is 0 Å². The van der Waals surface area contributed by atoms with Crippen LogP contribution in [0.2, 0.25) is 0 Å². The lowest BCUT2D eigenvalue weighted by Gasteiger charge is -2.55. The fraction of sp³-hybridized carbons (Fsp3) is 0.700. The summed E-state index contributed by atoms with van der Waals surface area (Å²) in [5.74, 6) is 3.30. The first-order valence-corrected chi connectivity index (χ1v) is 26.9. The van der Waals surface area contributed by atoms with E-state index in [4.69, 9.17) is 23.7 Å². The zero-order valence-corrected chi connectivity index (χ0v) is 45.7. The van der Waals surface area contributed by atoms with E-state index in [-0.39, 0.29) is 71.7 Å². The van der Waals surface area contributed by atoms with Crippen molar-refractivity contribution in [2.24, 2.45) is 46.3 Å². The van der Waals surface area contributed by atoms with Crippen molar-refractivity contribution < 1.29 is 62.0 Å². The molecule has 0 atom stereocenters. The highest BCUT2D eigenvalue weighted by Crippen LogP contribution is 2.60. The average molecular weight is 1020 g/mol. The molecule has 0 saturated heterocycles. The monoisotopic (exact) mass is 1020 g/mol. The minimum absolute atomic E-state index is 0.0577. The van der Waals surface area contributed by atoms with Crippen molar-refractivity contribution in [2.45, 2.75) is 208 Å². The van der Waals surface area contributed by atoms with Crippen molar-refractivity contribution in [1.82, 2.24) is 0 Å². The maximum atomic E-state index is 12.5. The second-order valence-electron chi connectivity index (χ2n) is 24.1. The van der Waals surface area contributed by atoms with Crippen LogP contribution in [0.15, 0.2) is 60.8 Å². The Morgan fingerprint density at radius 3 is 1.18 bits per heavy atom. The third kappa shape index (κ3) is 19.1. The van der Waals surface area contributed by atoms with Crippen LogP contribution in [-0.2, 0) is 62.0 Å². The van der Waals surface area contributed by atoms with Gasteiger partial charge in [-0.15, -0.1) is 0 Å². The molecule has 10 rings (SSSR count). The van der Waals surface area contributed by atoms with Crippen LogP contribution in [0, 0.1) is 46.3 Å². The normalized spacial score (nSPS) is 28.2. The van der Waals surface area contributed by atoms with Crippen LogP contribution in [0.3, 0.4) is 0 Å². The molecule has 10 fully saturated rings. The average Bonchev–Trinajstić information content (AvgIpc) is 3.30. The predicted octanol–water partition coefficient (Wildman–Crippen LogP) is 11.7. The van der Waals surface area contributed by atoms with Crippen molar-refractivity contribution in [3.05, 3.63) is 60.8 Å². The van der Waals surface area contributed by atoms with Crippen LogP contribution in [-0.4, -0.2) is 78.2 Å². The summed E-state index contributed by atoms with van der Waals surface area (Å²) in [6.45, 7) is 31.0. The Balaban J connectivity index is 0.000000200. The molecule has 8 bridgehead atoms. The Labute approximate surface area is 436 Å². The zero-order chi connectivity index (χ0) is 54.4. The number of rotatable bonds is 13.